The number of amides is 1. The second-order valence-corrected chi connectivity index (χ2v) is 8.62. The highest BCUT2D eigenvalue weighted by Crippen LogP contribution is 2.52. The quantitative estimate of drug-likeness (QED) is 0.663. The minimum absolute atomic E-state index is 0.00110. The summed E-state index contributed by atoms with van der Waals surface area (Å²) in [4.78, 5) is 14.7. The van der Waals surface area contributed by atoms with E-state index >= 15 is 0 Å². The molecule has 0 aliphatic carbocycles. The number of hydrogen-bond acceptors (Lipinski definition) is 8. The molecular weight excluding hydrogens is 444 g/mol. The van der Waals surface area contributed by atoms with Crippen LogP contribution in [0.2, 0.25) is 0 Å². The topological polar surface area (TPSA) is 112 Å². The number of nitriles is 1. The number of phenols is 1. The normalized spacial score (nSPS) is 22.1. The molecule has 0 aromatic heterocycles. The highest BCUT2D eigenvalue weighted by molar-refractivity contribution is 8.03. The first-order valence-corrected chi connectivity index (χ1v) is 11.4. The number of thioether (sulfide) groups is 1. The molecule has 2 atom stereocenters. The minimum Gasteiger partial charge on any atom is -0.504 e. The summed E-state index contributed by atoms with van der Waals surface area (Å²) in [5.74, 6) is 0.590. The molecule has 33 heavy (non-hydrogen) atoms. The van der Waals surface area contributed by atoms with Crippen molar-refractivity contribution in [1.29, 1.82) is 5.26 Å². The minimum atomic E-state index is -1.63. The van der Waals surface area contributed by atoms with Crippen molar-refractivity contribution < 1.29 is 29.2 Å². The van der Waals surface area contributed by atoms with Crippen LogP contribution in [0.15, 0.2) is 47.0 Å². The molecule has 172 valence electrons. The zero-order valence-electron chi connectivity index (χ0n) is 18.5. The molecule has 0 bridgehead atoms. The van der Waals surface area contributed by atoms with Crippen molar-refractivity contribution in [1.82, 2.24) is 4.90 Å². The lowest BCUT2D eigenvalue weighted by molar-refractivity contribution is -0.149. The van der Waals surface area contributed by atoms with Crippen LogP contribution in [0.3, 0.4) is 0 Å². The summed E-state index contributed by atoms with van der Waals surface area (Å²) in [7, 11) is 3.02. The number of methoxy groups -OCH3 is 2. The number of rotatable bonds is 6. The molecule has 0 spiro atoms. The number of aromatic hydroxyl groups is 1. The number of hydrogen-bond donors (Lipinski definition) is 2. The Hall–Kier alpha value is -3.35. The highest BCUT2D eigenvalue weighted by atomic mass is 32.2. The summed E-state index contributed by atoms with van der Waals surface area (Å²) < 4.78 is 16.1. The molecule has 1 saturated heterocycles. The van der Waals surface area contributed by atoms with Gasteiger partial charge in [-0.2, -0.15) is 5.26 Å². The van der Waals surface area contributed by atoms with Crippen LogP contribution in [0, 0.1) is 11.3 Å². The molecule has 2 aliphatic rings. The van der Waals surface area contributed by atoms with E-state index in [-0.39, 0.29) is 23.8 Å². The van der Waals surface area contributed by atoms with E-state index in [9.17, 15) is 20.3 Å². The molecule has 2 heterocycles. The molecule has 2 aromatic rings. The Labute approximate surface area is 196 Å². The van der Waals surface area contributed by atoms with Crippen LogP contribution in [-0.2, 0) is 10.5 Å². The Bertz CT molecular complexity index is 1170. The molecule has 0 unspecified atom stereocenters. The van der Waals surface area contributed by atoms with Gasteiger partial charge in [-0.05, 0) is 36.8 Å². The van der Waals surface area contributed by atoms with Gasteiger partial charge in [-0.15, -0.1) is 11.8 Å². The van der Waals surface area contributed by atoms with E-state index < -0.39 is 11.6 Å². The first kappa shape index (κ1) is 22.8. The van der Waals surface area contributed by atoms with Gasteiger partial charge in [0.25, 0.3) is 0 Å². The number of benzene rings is 2. The molecular formula is C24H24N2O6S. The first-order chi connectivity index (χ1) is 15.9. The van der Waals surface area contributed by atoms with Crippen LogP contribution in [0.5, 0.6) is 23.0 Å². The Morgan fingerprint density at radius 3 is 2.61 bits per heavy atom. The molecule has 0 saturated carbocycles. The number of fused-ring (bicyclic) bond motifs is 1. The second-order valence-electron chi connectivity index (χ2n) is 7.65. The van der Waals surface area contributed by atoms with Gasteiger partial charge in [0.15, 0.2) is 28.7 Å². The smallest absolute Gasteiger partial charge is 0.231 e. The van der Waals surface area contributed by atoms with E-state index in [1.54, 1.807) is 37.3 Å². The third-order valence-electron chi connectivity index (χ3n) is 5.84. The van der Waals surface area contributed by atoms with Crippen molar-refractivity contribution >= 4 is 17.7 Å². The number of aliphatic hydroxyl groups is 1. The predicted molar refractivity (Wildman–Crippen MR) is 122 cm³/mol. The summed E-state index contributed by atoms with van der Waals surface area (Å²) in [6, 6.07) is 12.1. The third-order valence-corrected chi connectivity index (χ3v) is 7.07. The summed E-state index contributed by atoms with van der Waals surface area (Å²) >= 11 is 1.26. The van der Waals surface area contributed by atoms with Gasteiger partial charge in [-0.3, -0.25) is 9.69 Å². The van der Waals surface area contributed by atoms with Crippen LogP contribution in [0.1, 0.15) is 30.4 Å². The van der Waals surface area contributed by atoms with Crippen molar-refractivity contribution in [2.45, 2.75) is 25.0 Å². The lowest BCUT2D eigenvalue weighted by Crippen LogP contribution is -2.48. The fraction of sp³-hybridized carbons (Fsp3) is 0.333. The molecule has 2 aliphatic heterocycles. The largest absolute Gasteiger partial charge is 0.504 e. The van der Waals surface area contributed by atoms with Crippen molar-refractivity contribution in [2.24, 2.45) is 0 Å². The Kier molecular flexibility index (Phi) is 6.15. The maximum absolute atomic E-state index is 13.3. The van der Waals surface area contributed by atoms with E-state index in [1.807, 2.05) is 0 Å². The average molecular weight is 469 g/mol. The van der Waals surface area contributed by atoms with Crippen molar-refractivity contribution in [3.63, 3.8) is 0 Å². The standard InChI is InChI=1S/C24H24N2O6S/c1-4-32-20-9-14(5-7-18(20)27)16-11-22(28)26-23(17(16)12-25)33-13-24(26,29)15-6-8-19(30-2)21(10-15)31-3/h5-10,16,27,29H,4,11,13H2,1-3H3/t16-,24+/m1/s1. The van der Waals surface area contributed by atoms with Crippen LogP contribution >= 0.6 is 11.8 Å². The number of ether oxygens (including phenoxy) is 3. The van der Waals surface area contributed by atoms with Crippen molar-refractivity contribution in [3.05, 3.63) is 58.1 Å². The zero-order valence-corrected chi connectivity index (χ0v) is 19.3. The number of carbonyl (C=O) groups is 1. The highest BCUT2D eigenvalue weighted by Gasteiger charge is 2.52. The van der Waals surface area contributed by atoms with Crippen LogP contribution in [0.4, 0.5) is 0 Å². The fourth-order valence-corrected chi connectivity index (χ4v) is 5.59. The Morgan fingerprint density at radius 2 is 1.94 bits per heavy atom. The zero-order chi connectivity index (χ0) is 23.8. The summed E-state index contributed by atoms with van der Waals surface area (Å²) in [6.45, 7) is 2.18. The number of phenolic OH excluding ortho intramolecular Hbond substituents is 1. The van der Waals surface area contributed by atoms with Gasteiger partial charge in [0, 0.05) is 17.9 Å². The number of carbonyl (C=O) groups excluding carboxylic acids is 1. The van der Waals surface area contributed by atoms with E-state index in [4.69, 9.17) is 14.2 Å². The Balaban J connectivity index is 1.77. The van der Waals surface area contributed by atoms with Gasteiger partial charge in [-0.1, -0.05) is 12.1 Å². The van der Waals surface area contributed by atoms with Crippen LogP contribution in [0.25, 0.3) is 0 Å². The van der Waals surface area contributed by atoms with E-state index in [2.05, 4.69) is 6.07 Å². The molecule has 1 fully saturated rings. The molecule has 0 radical (unpaired) electrons. The summed E-state index contributed by atoms with van der Waals surface area (Å²) in [5.41, 5.74) is -0.0793. The Morgan fingerprint density at radius 1 is 1.18 bits per heavy atom. The molecule has 1 amide bonds. The molecule has 4 rings (SSSR count). The van der Waals surface area contributed by atoms with Crippen LogP contribution in [-0.4, -0.2) is 47.6 Å². The van der Waals surface area contributed by atoms with E-state index in [0.29, 0.717) is 45.6 Å². The average Bonchev–Trinajstić information content (AvgIpc) is 3.19. The van der Waals surface area contributed by atoms with Gasteiger partial charge >= 0.3 is 0 Å². The lowest BCUT2D eigenvalue weighted by atomic mass is 9.85. The maximum atomic E-state index is 13.3. The van der Waals surface area contributed by atoms with E-state index in [0.717, 1.165) is 0 Å². The van der Waals surface area contributed by atoms with Gasteiger partial charge < -0.3 is 24.4 Å². The van der Waals surface area contributed by atoms with Gasteiger partial charge in [0.1, 0.15) is 0 Å². The van der Waals surface area contributed by atoms with Gasteiger partial charge in [-0.25, -0.2) is 0 Å². The first-order valence-electron chi connectivity index (χ1n) is 10.4. The SMILES string of the molecule is CCOc1cc([C@H]2CC(=O)N3C(=C2C#N)SC[C@]3(O)c2ccc(OC)c(OC)c2)ccc1O. The summed E-state index contributed by atoms with van der Waals surface area (Å²) in [6.07, 6.45) is -0.00110. The third kappa shape index (κ3) is 3.75. The maximum Gasteiger partial charge on any atom is 0.231 e. The number of nitrogens with zero attached hydrogens (tertiary/aromatic N) is 2. The molecule has 9 heteroatoms. The molecule has 8 nitrogen and oxygen atoms in total. The van der Waals surface area contributed by atoms with Gasteiger partial charge in [0.05, 0.1) is 43.3 Å². The fourth-order valence-electron chi connectivity index (χ4n) is 4.23. The number of allylic oxidation sites excluding steroid dienone is 1. The summed E-state index contributed by atoms with van der Waals surface area (Å²) in [5, 5.41) is 32.1. The van der Waals surface area contributed by atoms with Crippen molar-refractivity contribution in [3.8, 4) is 29.1 Å². The van der Waals surface area contributed by atoms with Crippen LogP contribution < -0.4 is 14.2 Å². The monoisotopic (exact) mass is 468 g/mol. The lowest BCUT2D eigenvalue weighted by Gasteiger charge is -2.38. The van der Waals surface area contributed by atoms with E-state index in [1.165, 1.54) is 36.9 Å². The predicted octanol–water partition coefficient (Wildman–Crippen LogP) is 3.45. The van der Waals surface area contributed by atoms with Gasteiger partial charge in [0.2, 0.25) is 5.91 Å². The van der Waals surface area contributed by atoms with Crippen molar-refractivity contribution in [2.75, 3.05) is 26.6 Å². The molecule has 2 N–H and O–H groups in total. The molecule has 2 aromatic carbocycles. The second kappa shape index (κ2) is 8.89.